The summed E-state index contributed by atoms with van der Waals surface area (Å²) in [5.74, 6) is 0.613. The molecule has 9 heteroatoms. The number of nitrogens with one attached hydrogen (secondary N) is 1. The summed E-state index contributed by atoms with van der Waals surface area (Å²) in [6.45, 7) is 3.05. The lowest BCUT2D eigenvalue weighted by Crippen LogP contribution is -2.30. The third kappa shape index (κ3) is 5.31. The van der Waals surface area contributed by atoms with Crippen LogP contribution in [-0.2, 0) is 23.0 Å². The van der Waals surface area contributed by atoms with E-state index in [1.54, 1.807) is 30.3 Å². The van der Waals surface area contributed by atoms with Crippen molar-refractivity contribution in [2.45, 2.75) is 30.8 Å². The number of hydrogen-bond acceptors (Lipinski definition) is 6. The minimum absolute atomic E-state index is 0.0529. The van der Waals surface area contributed by atoms with Gasteiger partial charge in [0.2, 0.25) is 10.0 Å². The second-order valence-corrected chi connectivity index (χ2v) is 10.9. The molecular formula is C26H30N4O4S. The smallest absolute Gasteiger partial charge is 0.254 e. The number of aromatic nitrogens is 1. The van der Waals surface area contributed by atoms with E-state index in [9.17, 15) is 13.2 Å². The Labute approximate surface area is 206 Å². The molecule has 35 heavy (non-hydrogen) atoms. The van der Waals surface area contributed by atoms with Gasteiger partial charge in [-0.3, -0.25) is 9.78 Å². The number of sulfonamides is 1. The number of benzene rings is 2. The number of carbonyl (C=O) groups is 1. The molecule has 0 radical (unpaired) electrons. The number of rotatable bonds is 8. The summed E-state index contributed by atoms with van der Waals surface area (Å²) in [7, 11) is 0.880. The first-order valence-corrected chi connectivity index (χ1v) is 12.8. The summed E-state index contributed by atoms with van der Waals surface area (Å²) in [5.41, 5.74) is 3.78. The zero-order chi connectivity index (χ0) is 25.2. The Morgan fingerprint density at radius 1 is 1.11 bits per heavy atom. The highest BCUT2D eigenvalue weighted by Gasteiger charge is 2.24. The fraction of sp³-hybridized carbons (Fsp3) is 0.308. The van der Waals surface area contributed by atoms with Crippen molar-refractivity contribution in [3.05, 3.63) is 83.2 Å². The van der Waals surface area contributed by atoms with E-state index in [2.05, 4.69) is 16.4 Å². The molecule has 0 fully saturated rings. The minimum Gasteiger partial charge on any atom is -0.493 e. The normalized spacial score (nSPS) is 13.7. The van der Waals surface area contributed by atoms with Crippen LogP contribution >= 0.6 is 0 Å². The van der Waals surface area contributed by atoms with Gasteiger partial charge in [0.1, 0.15) is 5.75 Å². The molecule has 0 spiro atoms. The van der Waals surface area contributed by atoms with Crippen LogP contribution in [0.5, 0.6) is 5.75 Å². The first-order valence-electron chi connectivity index (χ1n) is 11.4. The van der Waals surface area contributed by atoms with Crippen LogP contribution in [0, 0.1) is 0 Å². The maximum atomic E-state index is 13.4. The summed E-state index contributed by atoms with van der Waals surface area (Å²) in [4.78, 5) is 19.4. The molecule has 1 aromatic heterocycles. The Hall–Kier alpha value is -3.43. The van der Waals surface area contributed by atoms with Gasteiger partial charge < -0.3 is 15.0 Å². The fourth-order valence-electron chi connectivity index (χ4n) is 3.94. The molecule has 4 rings (SSSR count). The molecule has 8 nitrogen and oxygen atoms in total. The Kier molecular flexibility index (Phi) is 7.09. The summed E-state index contributed by atoms with van der Waals surface area (Å²) in [6, 6.07) is 16.0. The average Bonchev–Trinajstić information content (AvgIpc) is 3.34. The second kappa shape index (κ2) is 10.1. The number of pyridine rings is 1. The molecule has 1 aliphatic heterocycles. The molecule has 0 aliphatic carbocycles. The molecule has 1 N–H and O–H groups in total. The van der Waals surface area contributed by atoms with Gasteiger partial charge >= 0.3 is 0 Å². The predicted octanol–water partition coefficient (Wildman–Crippen LogP) is 3.71. The highest BCUT2D eigenvalue weighted by molar-refractivity contribution is 7.89. The lowest BCUT2D eigenvalue weighted by molar-refractivity contribution is 0.0739. The van der Waals surface area contributed by atoms with E-state index in [0.29, 0.717) is 18.8 Å². The quantitative estimate of drug-likeness (QED) is 0.513. The highest BCUT2D eigenvalue weighted by Crippen LogP contribution is 2.28. The SMILES string of the molecule is C[C@H](c1ccccn1)N(C)C(=O)c1cc(NCc2ccc3c(c2)CCO3)cc(S(=O)(=O)N(C)C)c1. The van der Waals surface area contributed by atoms with Gasteiger partial charge in [0, 0.05) is 51.6 Å². The summed E-state index contributed by atoms with van der Waals surface area (Å²) < 4.78 is 32.6. The van der Waals surface area contributed by atoms with Gasteiger partial charge in [-0.2, -0.15) is 0 Å². The summed E-state index contributed by atoms with van der Waals surface area (Å²) in [6.07, 6.45) is 2.56. The molecule has 0 unspecified atom stereocenters. The molecule has 1 atom stereocenters. The molecule has 1 amide bonds. The number of carbonyl (C=O) groups excluding carboxylic acids is 1. The van der Waals surface area contributed by atoms with Gasteiger partial charge in [-0.25, -0.2) is 12.7 Å². The van der Waals surface area contributed by atoms with Crippen LogP contribution < -0.4 is 10.1 Å². The van der Waals surface area contributed by atoms with Crippen LogP contribution in [0.25, 0.3) is 0 Å². The van der Waals surface area contributed by atoms with Crippen molar-refractivity contribution in [1.82, 2.24) is 14.2 Å². The van der Waals surface area contributed by atoms with Crippen LogP contribution in [0.1, 0.15) is 40.1 Å². The van der Waals surface area contributed by atoms with Crippen LogP contribution in [-0.4, -0.2) is 56.3 Å². The fourth-order valence-corrected chi connectivity index (χ4v) is 4.91. The molecule has 2 heterocycles. The maximum absolute atomic E-state index is 13.4. The monoisotopic (exact) mass is 494 g/mol. The molecule has 3 aromatic rings. The summed E-state index contributed by atoms with van der Waals surface area (Å²) >= 11 is 0. The van der Waals surface area contributed by atoms with Crippen molar-refractivity contribution in [2.75, 3.05) is 33.1 Å². The zero-order valence-electron chi connectivity index (χ0n) is 20.4. The van der Waals surface area contributed by atoms with Crippen LogP contribution in [0.3, 0.4) is 0 Å². The minimum atomic E-state index is -3.75. The number of anilines is 1. The number of amides is 1. The Morgan fingerprint density at radius 3 is 2.63 bits per heavy atom. The van der Waals surface area contributed by atoms with E-state index < -0.39 is 10.0 Å². The maximum Gasteiger partial charge on any atom is 0.254 e. The first kappa shape index (κ1) is 24.7. The topological polar surface area (TPSA) is 91.8 Å². The third-order valence-electron chi connectivity index (χ3n) is 6.20. The van der Waals surface area contributed by atoms with E-state index in [0.717, 1.165) is 33.3 Å². The number of hydrogen-bond donors (Lipinski definition) is 1. The van der Waals surface area contributed by atoms with Crippen molar-refractivity contribution in [3.63, 3.8) is 0 Å². The van der Waals surface area contributed by atoms with E-state index in [4.69, 9.17) is 4.74 Å². The number of ether oxygens (including phenoxy) is 1. The van der Waals surface area contributed by atoms with Crippen LogP contribution in [0.15, 0.2) is 65.7 Å². The van der Waals surface area contributed by atoms with Gasteiger partial charge in [0.25, 0.3) is 5.91 Å². The molecule has 0 bridgehead atoms. The zero-order valence-corrected chi connectivity index (χ0v) is 21.2. The lowest BCUT2D eigenvalue weighted by Gasteiger charge is -2.25. The van der Waals surface area contributed by atoms with E-state index in [1.165, 1.54) is 20.2 Å². The number of fused-ring (bicyclic) bond motifs is 1. The predicted molar refractivity (Wildman–Crippen MR) is 135 cm³/mol. The van der Waals surface area contributed by atoms with Crippen molar-refractivity contribution >= 4 is 21.6 Å². The molecular weight excluding hydrogens is 464 g/mol. The molecule has 1 aliphatic rings. The summed E-state index contributed by atoms with van der Waals surface area (Å²) in [5, 5.41) is 3.29. The van der Waals surface area contributed by atoms with Crippen molar-refractivity contribution < 1.29 is 17.9 Å². The van der Waals surface area contributed by atoms with Crippen LogP contribution in [0.2, 0.25) is 0 Å². The van der Waals surface area contributed by atoms with Crippen molar-refractivity contribution in [2.24, 2.45) is 0 Å². The largest absolute Gasteiger partial charge is 0.493 e. The standard InChI is InChI=1S/C26H30N4O4S/c1-18(24-7-5-6-11-27-24)30(4)26(31)21-14-22(16-23(15-21)35(32,33)29(2)3)28-17-19-8-9-25-20(13-19)10-12-34-25/h5-9,11,13-16,18,28H,10,12,17H2,1-4H3/t18-/m1/s1. The van der Waals surface area contributed by atoms with Crippen molar-refractivity contribution in [1.29, 1.82) is 0 Å². The first-order chi connectivity index (χ1) is 16.7. The average molecular weight is 495 g/mol. The van der Waals surface area contributed by atoms with Gasteiger partial charge in [0.15, 0.2) is 0 Å². The van der Waals surface area contributed by atoms with Gasteiger partial charge in [-0.05, 0) is 54.4 Å². The van der Waals surface area contributed by atoms with Crippen molar-refractivity contribution in [3.8, 4) is 5.75 Å². The number of nitrogens with zero attached hydrogens (tertiary/aromatic N) is 3. The Morgan fingerprint density at radius 2 is 1.91 bits per heavy atom. The Balaban J connectivity index is 1.63. The van der Waals surface area contributed by atoms with E-state index in [1.807, 2.05) is 37.3 Å². The molecule has 0 saturated heterocycles. The molecule has 2 aromatic carbocycles. The third-order valence-corrected chi connectivity index (χ3v) is 7.99. The van der Waals surface area contributed by atoms with Gasteiger partial charge in [0.05, 0.1) is 23.2 Å². The second-order valence-electron chi connectivity index (χ2n) is 8.77. The van der Waals surface area contributed by atoms with Gasteiger partial charge in [-0.1, -0.05) is 18.2 Å². The lowest BCUT2D eigenvalue weighted by atomic mass is 10.1. The van der Waals surface area contributed by atoms with E-state index in [-0.39, 0.29) is 22.4 Å². The highest BCUT2D eigenvalue weighted by atomic mass is 32.2. The molecule has 184 valence electrons. The van der Waals surface area contributed by atoms with E-state index >= 15 is 0 Å². The van der Waals surface area contributed by atoms with Gasteiger partial charge in [-0.15, -0.1) is 0 Å². The molecule has 0 saturated carbocycles. The Bertz CT molecular complexity index is 1330. The van der Waals surface area contributed by atoms with Crippen LogP contribution in [0.4, 0.5) is 5.69 Å².